The number of aromatic nitrogens is 1. The molecule has 5 heteroatoms. The lowest BCUT2D eigenvalue weighted by atomic mass is 10.2. The molecule has 0 aliphatic heterocycles. The van der Waals surface area contributed by atoms with E-state index in [0.717, 1.165) is 0 Å². The number of carbonyl (C=O) groups is 1. The maximum atomic E-state index is 11.8. The van der Waals surface area contributed by atoms with E-state index < -0.39 is 6.10 Å². The van der Waals surface area contributed by atoms with Crippen LogP contribution in [0.2, 0.25) is 0 Å². The Hall–Kier alpha value is -1.17. The van der Waals surface area contributed by atoms with E-state index in [4.69, 9.17) is 4.74 Å². The molecule has 0 aliphatic carbocycles. The van der Waals surface area contributed by atoms with Crippen molar-refractivity contribution >= 4 is 5.78 Å². The summed E-state index contributed by atoms with van der Waals surface area (Å²) in [5.41, 5.74) is 0.695. The van der Waals surface area contributed by atoms with Crippen molar-refractivity contribution in [3.05, 3.63) is 24.0 Å². The van der Waals surface area contributed by atoms with Crippen molar-refractivity contribution in [2.24, 2.45) is 7.05 Å². The lowest BCUT2D eigenvalue weighted by Gasteiger charge is -2.18. The van der Waals surface area contributed by atoms with Crippen LogP contribution in [0.25, 0.3) is 0 Å². The number of ketones is 1. The summed E-state index contributed by atoms with van der Waals surface area (Å²) in [6.07, 6.45) is 3.07. The van der Waals surface area contributed by atoms with Gasteiger partial charge in [-0.1, -0.05) is 0 Å². The molecular weight excluding hydrogens is 220 g/mol. The fourth-order valence-corrected chi connectivity index (χ4v) is 1.67. The topological polar surface area (TPSA) is 54.7 Å². The van der Waals surface area contributed by atoms with E-state index >= 15 is 0 Å². The number of aliphatic hydroxyl groups excluding tert-OH is 1. The first kappa shape index (κ1) is 13.9. The van der Waals surface area contributed by atoms with Crippen LogP contribution >= 0.6 is 0 Å². The summed E-state index contributed by atoms with van der Waals surface area (Å²) in [6.45, 7) is 1.00. The number of hydrogen-bond donors (Lipinski definition) is 1. The molecule has 0 fully saturated rings. The molecule has 0 radical (unpaired) electrons. The largest absolute Gasteiger partial charge is 0.389 e. The molecule has 1 aromatic rings. The zero-order chi connectivity index (χ0) is 12.8. The third kappa shape index (κ3) is 4.68. The van der Waals surface area contributed by atoms with Gasteiger partial charge in [0.2, 0.25) is 0 Å². The molecule has 0 aromatic carbocycles. The monoisotopic (exact) mass is 240 g/mol. The molecule has 5 nitrogen and oxygen atoms in total. The van der Waals surface area contributed by atoms with Crippen LogP contribution < -0.4 is 0 Å². The van der Waals surface area contributed by atoms with Gasteiger partial charge in [-0.2, -0.15) is 0 Å². The van der Waals surface area contributed by atoms with Crippen molar-refractivity contribution in [3.63, 3.8) is 0 Å². The second kappa shape index (κ2) is 6.54. The number of ether oxygens (including phenoxy) is 1. The molecule has 1 N–H and O–H groups in total. The highest BCUT2D eigenvalue weighted by Gasteiger charge is 2.13. The Morgan fingerprint density at radius 3 is 2.88 bits per heavy atom. The van der Waals surface area contributed by atoms with Crippen molar-refractivity contribution in [2.75, 3.05) is 33.9 Å². The summed E-state index contributed by atoms with van der Waals surface area (Å²) < 4.78 is 6.67. The zero-order valence-corrected chi connectivity index (χ0v) is 10.6. The van der Waals surface area contributed by atoms with Gasteiger partial charge in [0, 0.05) is 38.7 Å². The third-order valence-electron chi connectivity index (χ3n) is 2.45. The Morgan fingerprint density at radius 1 is 1.65 bits per heavy atom. The molecule has 0 saturated heterocycles. The van der Waals surface area contributed by atoms with Crippen LogP contribution in [0.1, 0.15) is 10.4 Å². The van der Waals surface area contributed by atoms with Gasteiger partial charge in [-0.25, -0.2) is 0 Å². The maximum Gasteiger partial charge on any atom is 0.178 e. The number of methoxy groups -OCH3 is 1. The predicted molar refractivity (Wildman–Crippen MR) is 65.1 cm³/mol. The van der Waals surface area contributed by atoms with Crippen molar-refractivity contribution in [1.82, 2.24) is 9.47 Å². The molecule has 0 saturated carbocycles. The van der Waals surface area contributed by atoms with E-state index in [0.29, 0.717) is 18.7 Å². The first-order valence-electron chi connectivity index (χ1n) is 5.53. The predicted octanol–water partition coefficient (Wildman–Crippen LogP) is 0.147. The number of aryl methyl sites for hydroxylation is 1. The summed E-state index contributed by atoms with van der Waals surface area (Å²) in [4.78, 5) is 13.6. The van der Waals surface area contributed by atoms with E-state index in [1.807, 2.05) is 17.8 Å². The Balaban J connectivity index is 2.40. The van der Waals surface area contributed by atoms with Crippen molar-refractivity contribution < 1.29 is 14.6 Å². The minimum atomic E-state index is -0.562. The minimum Gasteiger partial charge on any atom is -0.389 e. The van der Waals surface area contributed by atoms with E-state index in [2.05, 4.69) is 0 Å². The Kier molecular flexibility index (Phi) is 5.34. The third-order valence-corrected chi connectivity index (χ3v) is 2.45. The van der Waals surface area contributed by atoms with Gasteiger partial charge in [0.25, 0.3) is 0 Å². The van der Waals surface area contributed by atoms with Crippen LogP contribution in [0, 0.1) is 0 Å². The standard InChI is InChI=1S/C12H20N2O3/c1-13-5-4-10(6-13)12(16)8-14(2)7-11(15)9-17-3/h4-6,11,15H,7-9H2,1-3H3. The van der Waals surface area contributed by atoms with Crippen LogP contribution in [-0.4, -0.2) is 60.3 Å². The second-order valence-electron chi connectivity index (χ2n) is 4.29. The fourth-order valence-electron chi connectivity index (χ4n) is 1.67. The van der Waals surface area contributed by atoms with Gasteiger partial charge in [0.1, 0.15) is 0 Å². The first-order chi connectivity index (χ1) is 8.02. The Morgan fingerprint density at radius 2 is 2.35 bits per heavy atom. The summed E-state index contributed by atoms with van der Waals surface area (Å²) >= 11 is 0. The number of rotatable bonds is 7. The average Bonchev–Trinajstić information content (AvgIpc) is 2.64. The quantitative estimate of drug-likeness (QED) is 0.689. The van der Waals surface area contributed by atoms with Gasteiger partial charge >= 0.3 is 0 Å². The smallest absolute Gasteiger partial charge is 0.178 e. The molecule has 0 amide bonds. The van der Waals surface area contributed by atoms with Crippen LogP contribution in [0.5, 0.6) is 0 Å². The highest BCUT2D eigenvalue weighted by atomic mass is 16.5. The lowest BCUT2D eigenvalue weighted by Crippen LogP contribution is -2.35. The van der Waals surface area contributed by atoms with Crippen molar-refractivity contribution in [3.8, 4) is 0 Å². The van der Waals surface area contributed by atoms with E-state index in [-0.39, 0.29) is 12.4 Å². The first-order valence-corrected chi connectivity index (χ1v) is 5.53. The summed E-state index contributed by atoms with van der Waals surface area (Å²) in [6, 6.07) is 1.79. The van der Waals surface area contributed by atoms with Crippen LogP contribution in [-0.2, 0) is 11.8 Å². The molecule has 0 aliphatic rings. The number of nitrogens with zero attached hydrogens (tertiary/aromatic N) is 2. The van der Waals surface area contributed by atoms with Gasteiger partial charge in [-0.3, -0.25) is 9.69 Å². The van der Waals surface area contributed by atoms with Crippen LogP contribution in [0.15, 0.2) is 18.5 Å². The number of aliphatic hydroxyl groups is 1. The highest BCUT2D eigenvalue weighted by Crippen LogP contribution is 2.02. The summed E-state index contributed by atoms with van der Waals surface area (Å²) in [5, 5.41) is 9.53. The van der Waals surface area contributed by atoms with Gasteiger partial charge in [-0.15, -0.1) is 0 Å². The van der Waals surface area contributed by atoms with E-state index in [1.54, 1.807) is 31.3 Å². The number of carbonyl (C=O) groups excluding carboxylic acids is 1. The van der Waals surface area contributed by atoms with Crippen molar-refractivity contribution in [1.29, 1.82) is 0 Å². The molecule has 1 aromatic heterocycles. The molecule has 1 rings (SSSR count). The van der Waals surface area contributed by atoms with Gasteiger partial charge in [0.15, 0.2) is 5.78 Å². The molecule has 1 unspecified atom stereocenters. The van der Waals surface area contributed by atoms with Gasteiger partial charge in [0.05, 0.1) is 19.3 Å². The Labute approximate surface area is 102 Å². The van der Waals surface area contributed by atoms with Crippen molar-refractivity contribution in [2.45, 2.75) is 6.10 Å². The maximum absolute atomic E-state index is 11.8. The van der Waals surface area contributed by atoms with Crippen LogP contribution in [0.3, 0.4) is 0 Å². The second-order valence-corrected chi connectivity index (χ2v) is 4.29. The molecule has 0 bridgehead atoms. The normalized spacial score (nSPS) is 13.0. The van der Waals surface area contributed by atoms with Gasteiger partial charge < -0.3 is 14.4 Å². The number of Topliss-reactive ketones (excluding diaryl/α,β-unsaturated/α-hetero) is 1. The molecule has 17 heavy (non-hydrogen) atoms. The molecule has 0 spiro atoms. The molecule has 1 atom stereocenters. The average molecular weight is 240 g/mol. The summed E-state index contributed by atoms with van der Waals surface area (Å²) in [5.74, 6) is 0.0534. The molecule has 1 heterocycles. The van der Waals surface area contributed by atoms with Gasteiger partial charge in [-0.05, 0) is 13.1 Å². The molecular formula is C12H20N2O3. The van der Waals surface area contributed by atoms with E-state index in [1.165, 1.54) is 0 Å². The number of likely N-dealkylation sites (N-methyl/N-ethyl adjacent to an activating group) is 1. The highest BCUT2D eigenvalue weighted by molar-refractivity contribution is 5.97. The minimum absolute atomic E-state index is 0.0534. The SMILES string of the molecule is COCC(O)CN(C)CC(=O)c1ccn(C)c1. The Bertz CT molecular complexity index is 362. The lowest BCUT2D eigenvalue weighted by molar-refractivity contribution is 0.0427. The number of hydrogen-bond acceptors (Lipinski definition) is 4. The van der Waals surface area contributed by atoms with E-state index in [9.17, 15) is 9.90 Å². The molecule has 96 valence electrons. The zero-order valence-electron chi connectivity index (χ0n) is 10.6. The fraction of sp³-hybridized carbons (Fsp3) is 0.583. The van der Waals surface area contributed by atoms with Crippen LogP contribution in [0.4, 0.5) is 0 Å². The summed E-state index contributed by atoms with van der Waals surface area (Å²) in [7, 11) is 5.22.